The average molecular weight is 201 g/mol. The third-order valence-corrected chi connectivity index (χ3v) is 2.81. The molecule has 0 radical (unpaired) electrons. The second-order valence-electron chi connectivity index (χ2n) is 4.17. The van der Waals surface area contributed by atoms with Crippen molar-refractivity contribution in [3.63, 3.8) is 0 Å². The molecule has 1 saturated carbocycles. The molecule has 3 heteroatoms. The topological polar surface area (TPSA) is 44.5 Å². The Bertz CT molecular complexity index is 144. The van der Waals surface area contributed by atoms with Crippen molar-refractivity contribution in [1.29, 1.82) is 0 Å². The van der Waals surface area contributed by atoms with E-state index in [0.29, 0.717) is 19.8 Å². The smallest absolute Gasteiger partial charge is 0.0701 e. The first-order valence-corrected chi connectivity index (χ1v) is 5.71. The van der Waals surface area contributed by atoms with E-state index in [-0.39, 0.29) is 5.54 Å². The van der Waals surface area contributed by atoms with Crippen molar-refractivity contribution in [3.8, 4) is 0 Å². The van der Waals surface area contributed by atoms with E-state index in [4.69, 9.17) is 15.2 Å². The Morgan fingerprint density at radius 1 is 1.07 bits per heavy atom. The molecule has 0 spiro atoms. The summed E-state index contributed by atoms with van der Waals surface area (Å²) in [7, 11) is 0. The van der Waals surface area contributed by atoms with Crippen LogP contribution >= 0.6 is 0 Å². The van der Waals surface area contributed by atoms with Gasteiger partial charge >= 0.3 is 0 Å². The molecule has 0 aromatic heterocycles. The minimum atomic E-state index is -0.0511. The Kier molecular flexibility index (Phi) is 5.45. The summed E-state index contributed by atoms with van der Waals surface area (Å²) in [6.07, 6.45) is 6.07. The number of ether oxygens (including phenoxy) is 2. The maximum Gasteiger partial charge on any atom is 0.0701 e. The molecule has 0 bridgehead atoms. The summed E-state index contributed by atoms with van der Waals surface area (Å²) in [4.78, 5) is 0. The van der Waals surface area contributed by atoms with Gasteiger partial charge in [0.05, 0.1) is 19.8 Å². The van der Waals surface area contributed by atoms with Gasteiger partial charge in [0.25, 0.3) is 0 Å². The van der Waals surface area contributed by atoms with Crippen molar-refractivity contribution in [2.75, 3.05) is 26.4 Å². The molecule has 0 aliphatic heterocycles. The van der Waals surface area contributed by atoms with Gasteiger partial charge in [0, 0.05) is 12.1 Å². The third kappa shape index (κ3) is 4.40. The van der Waals surface area contributed by atoms with Crippen molar-refractivity contribution in [3.05, 3.63) is 0 Å². The van der Waals surface area contributed by atoms with Crippen LogP contribution in [0.4, 0.5) is 0 Å². The van der Waals surface area contributed by atoms with E-state index in [0.717, 1.165) is 19.4 Å². The SMILES string of the molecule is CCOCCOCC1(N)CCCCC1. The molecule has 0 unspecified atom stereocenters. The molecular formula is C11H23NO2. The van der Waals surface area contributed by atoms with Gasteiger partial charge in [0.2, 0.25) is 0 Å². The summed E-state index contributed by atoms with van der Waals surface area (Å²) in [5, 5.41) is 0. The Hall–Kier alpha value is -0.120. The normalized spacial score (nSPS) is 21.0. The van der Waals surface area contributed by atoms with Crippen molar-refractivity contribution < 1.29 is 9.47 Å². The predicted molar refractivity (Wildman–Crippen MR) is 57.3 cm³/mol. The minimum absolute atomic E-state index is 0.0511. The van der Waals surface area contributed by atoms with Gasteiger partial charge in [-0.15, -0.1) is 0 Å². The van der Waals surface area contributed by atoms with Gasteiger partial charge < -0.3 is 15.2 Å². The van der Waals surface area contributed by atoms with Crippen molar-refractivity contribution in [1.82, 2.24) is 0 Å². The lowest BCUT2D eigenvalue weighted by atomic mass is 9.83. The molecule has 0 aromatic carbocycles. The van der Waals surface area contributed by atoms with E-state index in [1.807, 2.05) is 6.92 Å². The van der Waals surface area contributed by atoms with Crippen molar-refractivity contribution in [2.45, 2.75) is 44.6 Å². The van der Waals surface area contributed by atoms with Crippen LogP contribution < -0.4 is 5.73 Å². The lowest BCUT2D eigenvalue weighted by Crippen LogP contribution is -2.46. The molecule has 84 valence electrons. The maximum atomic E-state index is 6.21. The standard InChI is InChI=1S/C11H23NO2/c1-2-13-8-9-14-10-11(12)6-4-3-5-7-11/h2-10,12H2,1H3. The Balaban J connectivity index is 2.03. The molecule has 3 nitrogen and oxygen atoms in total. The van der Waals surface area contributed by atoms with Crippen molar-refractivity contribution >= 4 is 0 Å². The van der Waals surface area contributed by atoms with Gasteiger partial charge in [-0.25, -0.2) is 0 Å². The summed E-state index contributed by atoms with van der Waals surface area (Å²) in [5.74, 6) is 0. The fourth-order valence-corrected chi connectivity index (χ4v) is 1.94. The number of hydrogen-bond acceptors (Lipinski definition) is 3. The van der Waals surface area contributed by atoms with E-state index in [1.165, 1.54) is 19.3 Å². The third-order valence-electron chi connectivity index (χ3n) is 2.81. The maximum absolute atomic E-state index is 6.21. The van der Waals surface area contributed by atoms with E-state index in [9.17, 15) is 0 Å². The Morgan fingerprint density at radius 3 is 2.36 bits per heavy atom. The van der Waals surface area contributed by atoms with Gasteiger partial charge in [0.15, 0.2) is 0 Å². The van der Waals surface area contributed by atoms with E-state index in [2.05, 4.69) is 0 Å². The molecule has 0 atom stereocenters. The molecule has 0 amide bonds. The van der Waals surface area contributed by atoms with Gasteiger partial charge in [-0.3, -0.25) is 0 Å². The highest BCUT2D eigenvalue weighted by Crippen LogP contribution is 2.25. The summed E-state index contributed by atoms with van der Waals surface area (Å²) >= 11 is 0. The molecule has 1 aliphatic rings. The summed E-state index contributed by atoms with van der Waals surface area (Å²) in [5.41, 5.74) is 6.16. The van der Waals surface area contributed by atoms with Gasteiger partial charge in [-0.1, -0.05) is 19.3 Å². The molecule has 0 aromatic rings. The number of nitrogens with two attached hydrogens (primary N) is 1. The van der Waals surface area contributed by atoms with Gasteiger partial charge in [0.1, 0.15) is 0 Å². The number of hydrogen-bond donors (Lipinski definition) is 1. The minimum Gasteiger partial charge on any atom is -0.379 e. The molecule has 0 heterocycles. The second kappa shape index (κ2) is 6.38. The average Bonchev–Trinajstić information content (AvgIpc) is 2.18. The van der Waals surface area contributed by atoms with Crippen LogP contribution in [-0.2, 0) is 9.47 Å². The zero-order valence-electron chi connectivity index (χ0n) is 9.26. The zero-order chi connectivity index (χ0) is 10.3. The van der Waals surface area contributed by atoms with Crippen LogP contribution in [0.5, 0.6) is 0 Å². The van der Waals surface area contributed by atoms with Gasteiger partial charge in [-0.05, 0) is 19.8 Å². The molecule has 0 saturated heterocycles. The highest BCUT2D eigenvalue weighted by molar-refractivity contribution is 4.86. The largest absolute Gasteiger partial charge is 0.379 e. The first-order valence-electron chi connectivity index (χ1n) is 5.71. The molecule has 1 rings (SSSR count). The lowest BCUT2D eigenvalue weighted by Gasteiger charge is -2.32. The Labute approximate surface area is 86.9 Å². The molecule has 1 fully saturated rings. The zero-order valence-corrected chi connectivity index (χ0v) is 9.26. The Morgan fingerprint density at radius 2 is 1.71 bits per heavy atom. The summed E-state index contributed by atoms with van der Waals surface area (Å²) < 4.78 is 10.7. The summed E-state index contributed by atoms with van der Waals surface area (Å²) in [6.45, 7) is 4.81. The number of rotatable bonds is 6. The fourth-order valence-electron chi connectivity index (χ4n) is 1.94. The first kappa shape index (κ1) is 12.0. The fraction of sp³-hybridized carbons (Fsp3) is 1.00. The van der Waals surface area contributed by atoms with Crippen molar-refractivity contribution in [2.24, 2.45) is 5.73 Å². The highest BCUT2D eigenvalue weighted by Gasteiger charge is 2.27. The lowest BCUT2D eigenvalue weighted by molar-refractivity contribution is 0.0226. The molecule has 2 N–H and O–H groups in total. The second-order valence-corrected chi connectivity index (χ2v) is 4.17. The van der Waals surface area contributed by atoms with Crippen LogP contribution in [-0.4, -0.2) is 32.0 Å². The van der Waals surface area contributed by atoms with Crippen LogP contribution in [0.15, 0.2) is 0 Å². The molecular weight excluding hydrogens is 178 g/mol. The predicted octanol–water partition coefficient (Wildman–Crippen LogP) is 1.70. The van der Waals surface area contributed by atoms with Crippen LogP contribution in [0.2, 0.25) is 0 Å². The monoisotopic (exact) mass is 201 g/mol. The van der Waals surface area contributed by atoms with E-state index in [1.54, 1.807) is 0 Å². The quantitative estimate of drug-likeness (QED) is 0.665. The summed E-state index contributed by atoms with van der Waals surface area (Å²) in [6, 6.07) is 0. The first-order chi connectivity index (χ1) is 6.77. The highest BCUT2D eigenvalue weighted by atomic mass is 16.5. The van der Waals surface area contributed by atoms with Crippen LogP contribution in [0.25, 0.3) is 0 Å². The van der Waals surface area contributed by atoms with Gasteiger partial charge in [-0.2, -0.15) is 0 Å². The van der Waals surface area contributed by atoms with Crippen LogP contribution in [0, 0.1) is 0 Å². The molecule has 14 heavy (non-hydrogen) atoms. The molecule has 1 aliphatic carbocycles. The van der Waals surface area contributed by atoms with Crippen LogP contribution in [0.1, 0.15) is 39.0 Å². The van der Waals surface area contributed by atoms with Crippen LogP contribution in [0.3, 0.4) is 0 Å². The van der Waals surface area contributed by atoms with E-state index < -0.39 is 0 Å². The van der Waals surface area contributed by atoms with E-state index >= 15 is 0 Å².